The fourth-order valence-corrected chi connectivity index (χ4v) is 2.02. The van der Waals surface area contributed by atoms with Crippen LogP contribution in [0.3, 0.4) is 0 Å². The average molecular weight is 231 g/mol. The summed E-state index contributed by atoms with van der Waals surface area (Å²) >= 11 is 1.65. The second-order valence-corrected chi connectivity index (χ2v) is 4.32. The van der Waals surface area contributed by atoms with Crippen molar-refractivity contribution in [2.45, 2.75) is 6.92 Å². The third-order valence-electron chi connectivity index (χ3n) is 2.17. The van der Waals surface area contributed by atoms with Crippen molar-refractivity contribution in [2.75, 3.05) is 7.11 Å². The molecule has 0 unspecified atom stereocenters. The maximum Gasteiger partial charge on any atom is 0.118 e. The summed E-state index contributed by atoms with van der Waals surface area (Å²) in [4.78, 5) is 4.37. The third-order valence-corrected chi connectivity index (χ3v) is 3.10. The van der Waals surface area contributed by atoms with E-state index in [1.807, 2.05) is 42.6 Å². The summed E-state index contributed by atoms with van der Waals surface area (Å²) in [5, 5.41) is 3.08. The molecule has 2 nitrogen and oxygen atoms in total. The van der Waals surface area contributed by atoms with Crippen molar-refractivity contribution in [2.24, 2.45) is 0 Å². The molecule has 16 heavy (non-hydrogen) atoms. The molecule has 0 spiro atoms. The first-order valence-electron chi connectivity index (χ1n) is 5.02. The average Bonchev–Trinajstić information content (AvgIpc) is 2.73. The van der Waals surface area contributed by atoms with E-state index < -0.39 is 0 Å². The molecule has 1 heterocycles. The van der Waals surface area contributed by atoms with Crippen LogP contribution in [0.5, 0.6) is 5.75 Å². The maximum absolute atomic E-state index is 5.10. The molecule has 2 aromatic rings. The van der Waals surface area contributed by atoms with E-state index in [0.717, 1.165) is 22.0 Å². The number of benzene rings is 1. The van der Waals surface area contributed by atoms with Gasteiger partial charge in [0.2, 0.25) is 0 Å². The molecule has 0 aliphatic carbocycles. The number of hydrogen-bond donors (Lipinski definition) is 0. The monoisotopic (exact) mass is 231 g/mol. The highest BCUT2D eigenvalue weighted by atomic mass is 32.1. The lowest BCUT2D eigenvalue weighted by Crippen LogP contribution is -1.81. The Morgan fingerprint density at radius 1 is 1.19 bits per heavy atom. The number of aromatic nitrogens is 1. The van der Waals surface area contributed by atoms with Gasteiger partial charge >= 0.3 is 0 Å². The summed E-state index contributed by atoms with van der Waals surface area (Å²) in [6, 6.07) is 7.95. The van der Waals surface area contributed by atoms with Crippen molar-refractivity contribution in [3.8, 4) is 5.75 Å². The maximum atomic E-state index is 5.10. The molecule has 3 heteroatoms. The molecule has 2 rings (SSSR count). The van der Waals surface area contributed by atoms with Gasteiger partial charge in [0.15, 0.2) is 0 Å². The fraction of sp³-hybridized carbons (Fsp3) is 0.154. The van der Waals surface area contributed by atoms with E-state index in [2.05, 4.69) is 11.1 Å². The molecule has 0 atom stereocenters. The van der Waals surface area contributed by atoms with Crippen molar-refractivity contribution in [3.05, 3.63) is 45.9 Å². The highest BCUT2D eigenvalue weighted by molar-refractivity contribution is 7.10. The molecular formula is C13H13NOS. The second-order valence-electron chi connectivity index (χ2n) is 3.43. The molecule has 0 bridgehead atoms. The van der Waals surface area contributed by atoms with Crippen LogP contribution in [-0.2, 0) is 0 Å². The normalized spacial score (nSPS) is 10.9. The third kappa shape index (κ3) is 2.70. The Kier molecular flexibility index (Phi) is 3.37. The lowest BCUT2D eigenvalue weighted by atomic mass is 10.2. The first-order chi connectivity index (χ1) is 7.78. The van der Waals surface area contributed by atoms with Gasteiger partial charge in [-0.05, 0) is 30.7 Å². The van der Waals surface area contributed by atoms with E-state index in [1.54, 1.807) is 18.4 Å². The molecule has 1 aromatic heterocycles. The van der Waals surface area contributed by atoms with Gasteiger partial charge in [-0.2, -0.15) is 0 Å². The minimum absolute atomic E-state index is 0.877. The van der Waals surface area contributed by atoms with E-state index in [-0.39, 0.29) is 0 Å². The van der Waals surface area contributed by atoms with Crippen LogP contribution in [-0.4, -0.2) is 12.1 Å². The van der Waals surface area contributed by atoms with Crippen LogP contribution in [0.2, 0.25) is 0 Å². The van der Waals surface area contributed by atoms with Gasteiger partial charge in [-0.15, -0.1) is 11.3 Å². The largest absolute Gasteiger partial charge is 0.497 e. The Balaban J connectivity index is 2.11. The Bertz CT molecular complexity index is 485. The number of thiazole rings is 1. The van der Waals surface area contributed by atoms with Crippen LogP contribution >= 0.6 is 11.3 Å². The Hall–Kier alpha value is -1.61. The Morgan fingerprint density at radius 3 is 2.50 bits per heavy atom. The highest BCUT2D eigenvalue weighted by Gasteiger charge is 1.93. The number of rotatable bonds is 3. The van der Waals surface area contributed by atoms with Gasteiger partial charge in [-0.3, -0.25) is 0 Å². The summed E-state index contributed by atoms with van der Waals surface area (Å²) in [6.07, 6.45) is 4.08. The number of ether oxygens (including phenoxy) is 1. The standard InChI is InChI=1S/C13H13NOS/c1-10-9-16-13(14-10)8-5-11-3-6-12(15-2)7-4-11/h3-9H,1-2H3. The van der Waals surface area contributed by atoms with E-state index in [1.165, 1.54) is 0 Å². The lowest BCUT2D eigenvalue weighted by molar-refractivity contribution is 0.415. The van der Waals surface area contributed by atoms with Gasteiger partial charge in [0.1, 0.15) is 10.8 Å². The van der Waals surface area contributed by atoms with Crippen LogP contribution in [0.4, 0.5) is 0 Å². The zero-order chi connectivity index (χ0) is 11.4. The molecule has 1 aromatic carbocycles. The van der Waals surface area contributed by atoms with Gasteiger partial charge in [-0.25, -0.2) is 4.98 Å². The lowest BCUT2D eigenvalue weighted by Gasteiger charge is -1.98. The van der Waals surface area contributed by atoms with Crippen molar-refractivity contribution in [3.63, 3.8) is 0 Å². The Labute approximate surface area is 99.2 Å². The predicted octanol–water partition coefficient (Wildman–Crippen LogP) is 3.63. The summed E-state index contributed by atoms with van der Waals surface area (Å²) in [7, 11) is 1.67. The van der Waals surface area contributed by atoms with E-state index in [9.17, 15) is 0 Å². The zero-order valence-corrected chi connectivity index (χ0v) is 10.1. The molecule has 0 N–H and O–H groups in total. The van der Waals surface area contributed by atoms with E-state index in [0.29, 0.717) is 0 Å². The topological polar surface area (TPSA) is 22.1 Å². The number of methoxy groups -OCH3 is 1. The molecule has 0 fully saturated rings. The van der Waals surface area contributed by atoms with Crippen molar-refractivity contribution in [1.29, 1.82) is 0 Å². The van der Waals surface area contributed by atoms with Crippen LogP contribution in [0.15, 0.2) is 29.6 Å². The summed E-state index contributed by atoms with van der Waals surface area (Å²) in [5.74, 6) is 0.877. The van der Waals surface area contributed by atoms with Gasteiger partial charge in [0.05, 0.1) is 7.11 Å². The molecular weight excluding hydrogens is 218 g/mol. The molecule has 82 valence electrons. The van der Waals surface area contributed by atoms with Gasteiger partial charge in [0.25, 0.3) is 0 Å². The molecule has 0 aliphatic heterocycles. The van der Waals surface area contributed by atoms with Crippen LogP contribution in [0.25, 0.3) is 12.2 Å². The molecule has 0 saturated heterocycles. The molecule has 0 radical (unpaired) electrons. The molecule has 0 saturated carbocycles. The smallest absolute Gasteiger partial charge is 0.118 e. The summed E-state index contributed by atoms with van der Waals surface area (Å²) in [5.41, 5.74) is 2.22. The van der Waals surface area contributed by atoms with Crippen molar-refractivity contribution in [1.82, 2.24) is 4.98 Å². The number of hydrogen-bond acceptors (Lipinski definition) is 3. The van der Waals surface area contributed by atoms with Gasteiger partial charge in [0, 0.05) is 11.1 Å². The summed E-state index contributed by atoms with van der Waals surface area (Å²) in [6.45, 7) is 2.00. The number of aryl methyl sites for hydroxylation is 1. The van der Waals surface area contributed by atoms with E-state index in [4.69, 9.17) is 4.74 Å². The van der Waals surface area contributed by atoms with Crippen LogP contribution in [0, 0.1) is 6.92 Å². The number of nitrogens with zero attached hydrogens (tertiary/aromatic N) is 1. The van der Waals surface area contributed by atoms with E-state index >= 15 is 0 Å². The molecule has 0 amide bonds. The van der Waals surface area contributed by atoms with Crippen LogP contribution < -0.4 is 4.74 Å². The first-order valence-corrected chi connectivity index (χ1v) is 5.90. The Morgan fingerprint density at radius 2 is 1.94 bits per heavy atom. The minimum atomic E-state index is 0.877. The SMILES string of the molecule is COc1ccc(C=Cc2nc(C)cs2)cc1. The predicted molar refractivity (Wildman–Crippen MR) is 68.8 cm³/mol. The van der Waals surface area contributed by atoms with Gasteiger partial charge in [-0.1, -0.05) is 18.2 Å². The van der Waals surface area contributed by atoms with Gasteiger partial charge < -0.3 is 4.74 Å². The quantitative estimate of drug-likeness (QED) is 0.804. The fourth-order valence-electron chi connectivity index (χ4n) is 1.33. The van der Waals surface area contributed by atoms with Crippen molar-refractivity contribution >= 4 is 23.5 Å². The highest BCUT2D eigenvalue weighted by Crippen LogP contribution is 2.15. The van der Waals surface area contributed by atoms with Crippen molar-refractivity contribution < 1.29 is 4.74 Å². The summed E-state index contributed by atoms with van der Waals surface area (Å²) < 4.78 is 5.10. The minimum Gasteiger partial charge on any atom is -0.497 e. The van der Waals surface area contributed by atoms with Crippen LogP contribution in [0.1, 0.15) is 16.3 Å². The molecule has 0 aliphatic rings. The zero-order valence-electron chi connectivity index (χ0n) is 9.31. The second kappa shape index (κ2) is 4.94. The first kappa shape index (κ1) is 10.9.